The van der Waals surface area contributed by atoms with Gasteiger partial charge in [-0.25, -0.2) is 9.97 Å². The predicted octanol–water partition coefficient (Wildman–Crippen LogP) is 2.68. The molecule has 0 amide bonds. The third-order valence-corrected chi connectivity index (χ3v) is 2.29. The minimum atomic E-state index is 0. The monoisotopic (exact) mass is 418 g/mol. The molecule has 14 heavy (non-hydrogen) atoms. The lowest BCUT2D eigenvalue weighted by Crippen LogP contribution is -1.76. The maximum Gasteiger partial charge on any atom is 0.119 e. The summed E-state index contributed by atoms with van der Waals surface area (Å²) < 4.78 is 4.04. The zero-order chi connectivity index (χ0) is 9.68. The molecule has 0 aromatic carbocycles. The lowest BCUT2D eigenvalue weighted by Gasteiger charge is -1.77. The number of hydrogen-bond acceptors (Lipinski definition) is 2. The van der Waals surface area contributed by atoms with Gasteiger partial charge >= 0.3 is 0 Å². The number of aromatic nitrogens is 4. The van der Waals surface area contributed by atoms with Gasteiger partial charge in [-0.1, -0.05) is 7.43 Å². The fourth-order valence-electron chi connectivity index (χ4n) is 0.620. The number of aryl methyl sites for hydroxylation is 1. The van der Waals surface area contributed by atoms with Crippen molar-refractivity contribution in [3.8, 4) is 0 Å². The van der Waals surface area contributed by atoms with Gasteiger partial charge in [0, 0.05) is 13.2 Å². The average molecular weight is 418 g/mol. The summed E-state index contributed by atoms with van der Waals surface area (Å²) in [6.07, 6.45) is 7.16. The first-order valence-electron chi connectivity index (χ1n) is 3.46. The topological polar surface area (TPSA) is 46.5 Å². The first-order valence-corrected chi connectivity index (χ1v) is 5.61. The van der Waals surface area contributed by atoms with Gasteiger partial charge < -0.3 is 9.55 Å². The van der Waals surface area contributed by atoms with Crippen LogP contribution in [0.25, 0.3) is 0 Å². The molecule has 0 radical (unpaired) electrons. The first kappa shape index (κ1) is 13.9. The van der Waals surface area contributed by atoms with Crippen molar-refractivity contribution in [2.24, 2.45) is 7.05 Å². The molecular formula is C8H12I2N4. The molecule has 0 spiro atoms. The molecule has 0 saturated heterocycles. The Morgan fingerprint density at radius 3 is 2.29 bits per heavy atom. The van der Waals surface area contributed by atoms with Crippen LogP contribution in [0, 0.1) is 7.40 Å². The molecule has 1 N–H and O–H groups in total. The van der Waals surface area contributed by atoms with Crippen LogP contribution in [0.5, 0.6) is 0 Å². The molecule has 0 atom stereocenters. The zero-order valence-electron chi connectivity index (χ0n) is 6.91. The molecule has 0 saturated carbocycles. The molecular weight excluding hydrogens is 406 g/mol. The van der Waals surface area contributed by atoms with Crippen LogP contribution in [0.3, 0.4) is 0 Å². The van der Waals surface area contributed by atoms with Gasteiger partial charge in [-0.2, -0.15) is 0 Å². The van der Waals surface area contributed by atoms with Crippen LogP contribution < -0.4 is 0 Å². The van der Waals surface area contributed by atoms with Crippen molar-refractivity contribution in [3.05, 3.63) is 32.4 Å². The molecule has 0 fully saturated rings. The highest BCUT2D eigenvalue weighted by atomic mass is 127. The molecule has 0 aliphatic rings. The van der Waals surface area contributed by atoms with E-state index >= 15 is 0 Å². The average Bonchev–Trinajstić information content (AvgIpc) is 2.64. The highest BCUT2D eigenvalue weighted by Gasteiger charge is 1.83. The Morgan fingerprint density at radius 2 is 2.14 bits per heavy atom. The second kappa shape index (κ2) is 7.21. The second-order valence-corrected chi connectivity index (χ2v) is 4.53. The number of halogens is 2. The van der Waals surface area contributed by atoms with E-state index in [0.717, 1.165) is 7.40 Å². The van der Waals surface area contributed by atoms with Gasteiger partial charge in [0.15, 0.2) is 0 Å². The first-order chi connectivity index (χ1) is 6.18. The standard InChI is InChI=1S/C4H5IN2.C3H3IN2.CH4/c1-7-2-4(5)6-3-7;4-3-1-5-2-6-3;/h2-3H,1H3;1-2H,(H,5,6);1H4. The summed E-state index contributed by atoms with van der Waals surface area (Å²) in [6.45, 7) is 0. The predicted molar refractivity (Wildman–Crippen MR) is 74.0 cm³/mol. The van der Waals surface area contributed by atoms with Crippen LogP contribution >= 0.6 is 45.2 Å². The van der Waals surface area contributed by atoms with Crippen LogP contribution in [0.15, 0.2) is 25.0 Å². The molecule has 78 valence electrons. The van der Waals surface area contributed by atoms with E-state index in [1.165, 1.54) is 0 Å². The van der Waals surface area contributed by atoms with Gasteiger partial charge in [0.1, 0.15) is 3.70 Å². The van der Waals surface area contributed by atoms with Gasteiger partial charge in [0.05, 0.1) is 22.6 Å². The highest BCUT2D eigenvalue weighted by molar-refractivity contribution is 14.1. The van der Waals surface area contributed by atoms with E-state index in [2.05, 4.69) is 60.1 Å². The van der Waals surface area contributed by atoms with E-state index in [0.29, 0.717) is 0 Å². The molecule has 2 aromatic rings. The van der Waals surface area contributed by atoms with Crippen LogP contribution in [-0.4, -0.2) is 19.5 Å². The number of nitrogens with zero attached hydrogens (tertiary/aromatic N) is 3. The number of imidazole rings is 2. The summed E-state index contributed by atoms with van der Waals surface area (Å²) in [6, 6.07) is 0. The van der Waals surface area contributed by atoms with E-state index in [9.17, 15) is 0 Å². The smallest absolute Gasteiger partial charge is 0.119 e. The van der Waals surface area contributed by atoms with Crippen molar-refractivity contribution in [1.29, 1.82) is 0 Å². The van der Waals surface area contributed by atoms with Crippen molar-refractivity contribution in [3.63, 3.8) is 0 Å². The Balaban J connectivity index is 0.000000227. The Kier molecular flexibility index (Phi) is 7.15. The quantitative estimate of drug-likeness (QED) is 0.670. The van der Waals surface area contributed by atoms with Crippen LogP contribution in [0.1, 0.15) is 7.43 Å². The largest absolute Gasteiger partial charge is 0.340 e. The van der Waals surface area contributed by atoms with E-state index < -0.39 is 0 Å². The molecule has 0 unspecified atom stereocenters. The molecule has 0 aliphatic heterocycles. The third-order valence-electron chi connectivity index (χ3n) is 1.14. The van der Waals surface area contributed by atoms with Gasteiger partial charge in [-0.05, 0) is 45.2 Å². The van der Waals surface area contributed by atoms with Crippen molar-refractivity contribution in [2.45, 2.75) is 7.43 Å². The molecule has 0 bridgehead atoms. The lowest BCUT2D eigenvalue weighted by atomic mass is 10.9. The van der Waals surface area contributed by atoms with E-state index in [1.807, 2.05) is 17.8 Å². The molecule has 2 heterocycles. The summed E-state index contributed by atoms with van der Waals surface area (Å²) in [4.78, 5) is 10.6. The fourth-order valence-corrected chi connectivity index (χ4v) is 1.48. The molecule has 6 heteroatoms. The summed E-state index contributed by atoms with van der Waals surface area (Å²) in [7, 11) is 1.95. The van der Waals surface area contributed by atoms with Gasteiger partial charge in [-0.15, -0.1) is 0 Å². The third kappa shape index (κ3) is 5.58. The van der Waals surface area contributed by atoms with E-state index in [-0.39, 0.29) is 7.43 Å². The van der Waals surface area contributed by atoms with Gasteiger partial charge in [-0.3, -0.25) is 0 Å². The minimum absolute atomic E-state index is 0. The minimum Gasteiger partial charge on any atom is -0.340 e. The Morgan fingerprint density at radius 1 is 1.43 bits per heavy atom. The number of aromatic amines is 1. The summed E-state index contributed by atoms with van der Waals surface area (Å²) in [5.74, 6) is 0. The number of H-pyrrole nitrogens is 1. The Labute approximate surface area is 111 Å². The Bertz CT molecular complexity index is 325. The lowest BCUT2D eigenvalue weighted by molar-refractivity contribution is 0.913. The van der Waals surface area contributed by atoms with Crippen LogP contribution in [0.2, 0.25) is 0 Å². The normalized spacial score (nSPS) is 8.50. The van der Waals surface area contributed by atoms with E-state index in [4.69, 9.17) is 0 Å². The summed E-state index contributed by atoms with van der Waals surface area (Å²) in [5.41, 5.74) is 0. The highest BCUT2D eigenvalue weighted by Crippen LogP contribution is 1.95. The fraction of sp³-hybridized carbons (Fsp3) is 0.250. The molecule has 2 aromatic heterocycles. The second-order valence-electron chi connectivity index (χ2n) is 2.26. The maximum atomic E-state index is 3.97. The van der Waals surface area contributed by atoms with Crippen LogP contribution in [0.4, 0.5) is 0 Å². The number of rotatable bonds is 0. The molecule has 4 nitrogen and oxygen atoms in total. The number of nitrogens with one attached hydrogen (secondary N) is 1. The SMILES string of the molecule is C.Cn1cnc(I)c1.Ic1cnc[nH]1. The van der Waals surface area contributed by atoms with Gasteiger partial charge in [0.2, 0.25) is 0 Å². The number of hydrogen-bond donors (Lipinski definition) is 1. The zero-order valence-corrected chi connectivity index (χ0v) is 11.2. The van der Waals surface area contributed by atoms with Gasteiger partial charge in [0.25, 0.3) is 0 Å². The van der Waals surface area contributed by atoms with Crippen molar-refractivity contribution in [1.82, 2.24) is 19.5 Å². The van der Waals surface area contributed by atoms with Crippen molar-refractivity contribution < 1.29 is 0 Å². The van der Waals surface area contributed by atoms with Crippen molar-refractivity contribution in [2.75, 3.05) is 0 Å². The molecule has 0 aliphatic carbocycles. The summed E-state index contributed by atoms with van der Waals surface area (Å²) >= 11 is 4.33. The molecule has 2 rings (SSSR count). The van der Waals surface area contributed by atoms with E-state index in [1.54, 1.807) is 18.9 Å². The summed E-state index contributed by atoms with van der Waals surface area (Å²) in [5, 5.41) is 0. The maximum absolute atomic E-state index is 3.97. The van der Waals surface area contributed by atoms with Crippen LogP contribution in [-0.2, 0) is 7.05 Å². The van der Waals surface area contributed by atoms with Crippen molar-refractivity contribution >= 4 is 45.2 Å². The Hall–Kier alpha value is -0.120.